The van der Waals surface area contributed by atoms with E-state index in [2.05, 4.69) is 9.17 Å². The number of aryl methyl sites for hydroxylation is 1. The van der Waals surface area contributed by atoms with Crippen LogP contribution in [0.1, 0.15) is 12.0 Å². The zero-order chi connectivity index (χ0) is 15.7. The van der Waals surface area contributed by atoms with Gasteiger partial charge in [0, 0.05) is 22.7 Å². The highest BCUT2D eigenvalue weighted by Gasteiger charge is 2.16. The van der Waals surface area contributed by atoms with Gasteiger partial charge in [0.25, 0.3) is 10.1 Å². The fourth-order valence-electron chi connectivity index (χ4n) is 2.06. The Hall–Kier alpha value is -1.62. The highest BCUT2D eigenvalue weighted by Crippen LogP contribution is 2.29. The summed E-state index contributed by atoms with van der Waals surface area (Å²) >= 11 is 0. The molecule has 0 fully saturated rings. The van der Waals surface area contributed by atoms with Crippen LogP contribution in [0.4, 0.5) is 0 Å². The Morgan fingerprint density at radius 1 is 1.10 bits per heavy atom. The second kappa shape index (κ2) is 5.64. The summed E-state index contributed by atoms with van der Waals surface area (Å²) in [6.45, 7) is 0. The highest BCUT2D eigenvalue weighted by molar-refractivity contribution is 7.85. The molecule has 1 heterocycles. The van der Waals surface area contributed by atoms with E-state index in [0.29, 0.717) is 16.5 Å². The zero-order valence-corrected chi connectivity index (χ0v) is 12.3. The van der Waals surface area contributed by atoms with Gasteiger partial charge in [0.15, 0.2) is 0 Å². The molecule has 0 aliphatic heterocycles. The lowest BCUT2D eigenvalue weighted by Crippen LogP contribution is -2.10. The van der Waals surface area contributed by atoms with Crippen LogP contribution in [0.3, 0.4) is 0 Å². The summed E-state index contributed by atoms with van der Waals surface area (Å²) in [5.74, 6) is -0.543. The van der Waals surface area contributed by atoms with Crippen molar-refractivity contribution in [3.63, 3.8) is 0 Å². The molecule has 0 atom stereocenters. The quantitative estimate of drug-likeness (QED) is 0.675. The highest BCUT2D eigenvalue weighted by atomic mass is 32.3. The number of nitrogens with one attached hydrogen (secondary N) is 1. The molecule has 8 nitrogen and oxygen atoms in total. The standard InChI is InChI=1S/C11H13NO7S2/c13-20(14,15)7-1-2-9-8-5-6-12-10(8)3-4-11(9)19-21(16,17)18/h3-6,12H,1-2,7H2,(H,13,14,15)(H,16,17,18). The molecule has 10 heteroatoms. The smallest absolute Gasteiger partial charge is 0.361 e. The maximum atomic E-state index is 10.8. The molecule has 2 rings (SSSR count). The number of aromatic amines is 1. The minimum absolute atomic E-state index is 0.0744. The first kappa shape index (κ1) is 15.8. The van der Waals surface area contributed by atoms with Gasteiger partial charge in [0.05, 0.1) is 5.75 Å². The predicted molar refractivity (Wildman–Crippen MR) is 75.2 cm³/mol. The van der Waals surface area contributed by atoms with Gasteiger partial charge in [-0.3, -0.25) is 9.11 Å². The second-order valence-corrected chi connectivity index (χ2v) is 6.98. The minimum atomic E-state index is -4.68. The van der Waals surface area contributed by atoms with Gasteiger partial charge in [0.2, 0.25) is 0 Å². The van der Waals surface area contributed by atoms with Crippen molar-refractivity contribution in [3.8, 4) is 5.75 Å². The lowest BCUT2D eigenvalue weighted by molar-refractivity contribution is 0.385. The molecule has 0 unspecified atom stereocenters. The van der Waals surface area contributed by atoms with E-state index in [9.17, 15) is 16.8 Å². The van der Waals surface area contributed by atoms with Crippen LogP contribution in [0.2, 0.25) is 0 Å². The monoisotopic (exact) mass is 335 g/mol. The maximum absolute atomic E-state index is 10.8. The molecule has 2 aromatic rings. The maximum Gasteiger partial charge on any atom is 0.446 e. The summed E-state index contributed by atoms with van der Waals surface area (Å²) in [6, 6.07) is 4.60. The van der Waals surface area contributed by atoms with Gasteiger partial charge in [-0.15, -0.1) is 0 Å². The predicted octanol–water partition coefficient (Wildman–Crippen LogP) is 1.17. The van der Waals surface area contributed by atoms with E-state index >= 15 is 0 Å². The number of rotatable bonds is 6. The number of hydrogen-bond donors (Lipinski definition) is 3. The number of benzene rings is 1. The third kappa shape index (κ3) is 4.43. The SMILES string of the molecule is O=S(=O)(O)CCCc1c(OS(=O)(=O)O)ccc2[nH]ccc12. The Kier molecular flexibility index (Phi) is 4.23. The van der Waals surface area contributed by atoms with Gasteiger partial charge in [-0.25, -0.2) is 0 Å². The van der Waals surface area contributed by atoms with Crippen LogP contribution < -0.4 is 4.18 Å². The van der Waals surface area contributed by atoms with Crippen LogP contribution in [0, 0.1) is 0 Å². The Balaban J connectivity index is 2.37. The Morgan fingerprint density at radius 2 is 1.81 bits per heavy atom. The van der Waals surface area contributed by atoms with Crippen molar-refractivity contribution in [3.05, 3.63) is 30.0 Å². The largest absolute Gasteiger partial charge is 0.446 e. The molecule has 0 bridgehead atoms. The van der Waals surface area contributed by atoms with Crippen LogP contribution in [0.5, 0.6) is 5.75 Å². The van der Waals surface area contributed by atoms with E-state index < -0.39 is 26.3 Å². The fraction of sp³-hybridized carbons (Fsp3) is 0.273. The normalized spacial score (nSPS) is 12.7. The molecule has 0 radical (unpaired) electrons. The van der Waals surface area contributed by atoms with Crippen molar-refractivity contribution in [1.82, 2.24) is 4.98 Å². The molecule has 21 heavy (non-hydrogen) atoms. The first-order valence-electron chi connectivity index (χ1n) is 5.87. The second-order valence-electron chi connectivity index (χ2n) is 4.38. The molecular weight excluding hydrogens is 322 g/mol. The average Bonchev–Trinajstić information content (AvgIpc) is 2.76. The molecular formula is C11H13NO7S2. The van der Waals surface area contributed by atoms with E-state index in [0.717, 1.165) is 0 Å². The Bertz CT molecular complexity index is 852. The summed E-state index contributed by atoms with van der Waals surface area (Å²) in [6.07, 6.45) is 1.86. The molecule has 0 saturated heterocycles. The first-order chi connectivity index (χ1) is 9.66. The van der Waals surface area contributed by atoms with Gasteiger partial charge < -0.3 is 9.17 Å². The van der Waals surface area contributed by atoms with Crippen molar-refractivity contribution in [2.45, 2.75) is 12.8 Å². The van der Waals surface area contributed by atoms with Gasteiger partial charge in [-0.05, 0) is 31.0 Å². The van der Waals surface area contributed by atoms with Crippen molar-refractivity contribution >= 4 is 31.4 Å². The van der Waals surface area contributed by atoms with Crippen LogP contribution in [-0.2, 0) is 26.9 Å². The molecule has 116 valence electrons. The van der Waals surface area contributed by atoms with Crippen LogP contribution in [0.25, 0.3) is 10.9 Å². The molecule has 1 aromatic carbocycles. The summed E-state index contributed by atoms with van der Waals surface area (Å²) < 4.78 is 65.2. The van der Waals surface area contributed by atoms with E-state index in [4.69, 9.17) is 9.11 Å². The molecule has 3 N–H and O–H groups in total. The van der Waals surface area contributed by atoms with E-state index in [1.807, 2.05) is 0 Å². The van der Waals surface area contributed by atoms with Crippen LogP contribution in [-0.4, -0.2) is 36.7 Å². The van der Waals surface area contributed by atoms with Crippen LogP contribution in [0.15, 0.2) is 24.4 Å². The third-order valence-corrected chi connectivity index (χ3v) is 4.02. The van der Waals surface area contributed by atoms with Gasteiger partial charge in [-0.1, -0.05) is 0 Å². The number of H-pyrrole nitrogens is 1. The van der Waals surface area contributed by atoms with Gasteiger partial charge in [-0.2, -0.15) is 16.8 Å². The topological polar surface area (TPSA) is 134 Å². The lowest BCUT2D eigenvalue weighted by Gasteiger charge is -2.10. The van der Waals surface area contributed by atoms with Gasteiger partial charge >= 0.3 is 10.4 Å². The minimum Gasteiger partial charge on any atom is -0.361 e. The van der Waals surface area contributed by atoms with Gasteiger partial charge in [0.1, 0.15) is 5.75 Å². The first-order valence-corrected chi connectivity index (χ1v) is 8.84. The molecule has 0 saturated carbocycles. The van der Waals surface area contributed by atoms with Crippen molar-refractivity contribution < 1.29 is 30.1 Å². The molecule has 0 amide bonds. The molecule has 0 aliphatic rings. The van der Waals surface area contributed by atoms with E-state index in [-0.39, 0.29) is 18.6 Å². The summed E-state index contributed by atoms with van der Waals surface area (Å²) in [5.41, 5.74) is 1.13. The summed E-state index contributed by atoms with van der Waals surface area (Å²) in [5, 5.41) is 0.645. The number of hydrogen-bond acceptors (Lipinski definition) is 5. The Morgan fingerprint density at radius 3 is 2.43 bits per heavy atom. The zero-order valence-electron chi connectivity index (χ0n) is 10.7. The van der Waals surface area contributed by atoms with Crippen molar-refractivity contribution in [1.29, 1.82) is 0 Å². The summed E-state index contributed by atoms with van der Waals surface area (Å²) in [7, 11) is -8.78. The van der Waals surface area contributed by atoms with E-state index in [1.165, 1.54) is 6.07 Å². The Labute approximate surface area is 121 Å². The molecule has 0 aliphatic carbocycles. The van der Waals surface area contributed by atoms with E-state index in [1.54, 1.807) is 18.3 Å². The fourth-order valence-corrected chi connectivity index (χ4v) is 2.95. The third-order valence-electron chi connectivity index (χ3n) is 2.83. The number of aromatic nitrogens is 1. The molecule has 0 spiro atoms. The number of fused-ring (bicyclic) bond motifs is 1. The van der Waals surface area contributed by atoms with Crippen molar-refractivity contribution in [2.75, 3.05) is 5.75 Å². The molecule has 1 aromatic heterocycles. The van der Waals surface area contributed by atoms with Crippen LogP contribution >= 0.6 is 0 Å². The average molecular weight is 335 g/mol. The van der Waals surface area contributed by atoms with Crippen molar-refractivity contribution in [2.24, 2.45) is 0 Å². The summed E-state index contributed by atoms with van der Waals surface area (Å²) in [4.78, 5) is 2.92. The lowest BCUT2D eigenvalue weighted by atomic mass is 10.0.